The molecule has 5 nitrogen and oxygen atoms in total. The molecule has 0 unspecified atom stereocenters. The van der Waals surface area contributed by atoms with Gasteiger partial charge in [-0.3, -0.25) is 9.59 Å². The smallest absolute Gasteiger partial charge is 0.279 e. The van der Waals surface area contributed by atoms with Crippen molar-refractivity contribution in [3.63, 3.8) is 0 Å². The van der Waals surface area contributed by atoms with Gasteiger partial charge in [-0.25, -0.2) is 4.39 Å². The Balaban J connectivity index is 1.84. The lowest BCUT2D eigenvalue weighted by molar-refractivity contribution is 0.0745. The van der Waals surface area contributed by atoms with Gasteiger partial charge in [0, 0.05) is 28.5 Å². The van der Waals surface area contributed by atoms with Gasteiger partial charge in [-0.05, 0) is 43.3 Å². The minimum Gasteiger partial charge on any atom is -0.333 e. The van der Waals surface area contributed by atoms with Crippen LogP contribution < -0.4 is 5.56 Å². The zero-order valence-electron chi connectivity index (χ0n) is 16.8. The summed E-state index contributed by atoms with van der Waals surface area (Å²) in [4.78, 5) is 28.0. The van der Waals surface area contributed by atoms with Crippen LogP contribution >= 0.6 is 15.9 Å². The molecule has 0 atom stereocenters. The van der Waals surface area contributed by atoms with Gasteiger partial charge in [0.05, 0.1) is 11.1 Å². The van der Waals surface area contributed by atoms with Crippen molar-refractivity contribution in [2.75, 3.05) is 6.54 Å². The minimum atomic E-state index is -0.387. The fourth-order valence-corrected chi connectivity index (χ4v) is 3.85. The molecule has 0 bridgehead atoms. The van der Waals surface area contributed by atoms with Crippen molar-refractivity contribution in [3.8, 4) is 5.69 Å². The van der Waals surface area contributed by atoms with Crippen LogP contribution in [0.1, 0.15) is 23.0 Å². The molecule has 0 saturated heterocycles. The average Bonchev–Trinajstić information content (AvgIpc) is 2.80. The van der Waals surface area contributed by atoms with Gasteiger partial charge in [-0.1, -0.05) is 52.3 Å². The summed E-state index contributed by atoms with van der Waals surface area (Å²) in [6.45, 7) is 2.26. The lowest BCUT2D eigenvalue weighted by Crippen LogP contribution is -2.34. The highest BCUT2D eigenvalue weighted by molar-refractivity contribution is 9.10. The first kappa shape index (κ1) is 20.9. The Morgan fingerprint density at radius 1 is 1.03 bits per heavy atom. The van der Waals surface area contributed by atoms with E-state index in [0.29, 0.717) is 28.6 Å². The summed E-state index contributed by atoms with van der Waals surface area (Å²) in [5.41, 5.74) is 0.800. The van der Waals surface area contributed by atoms with E-state index < -0.39 is 0 Å². The predicted octanol–water partition coefficient (Wildman–Crippen LogP) is 4.95. The molecule has 0 aliphatic rings. The second-order valence-corrected chi connectivity index (χ2v) is 7.92. The second-order valence-electron chi connectivity index (χ2n) is 7.00. The zero-order valence-corrected chi connectivity index (χ0v) is 18.3. The molecule has 1 heterocycles. The van der Waals surface area contributed by atoms with E-state index in [0.717, 1.165) is 4.47 Å². The van der Waals surface area contributed by atoms with Gasteiger partial charge in [0.1, 0.15) is 5.82 Å². The van der Waals surface area contributed by atoms with Crippen LogP contribution in [0.2, 0.25) is 0 Å². The largest absolute Gasteiger partial charge is 0.333 e. The van der Waals surface area contributed by atoms with Crippen molar-refractivity contribution in [2.45, 2.75) is 13.5 Å². The van der Waals surface area contributed by atoms with Crippen LogP contribution in [0, 0.1) is 5.82 Å². The number of halogens is 2. The van der Waals surface area contributed by atoms with E-state index in [4.69, 9.17) is 0 Å². The Morgan fingerprint density at radius 3 is 2.42 bits per heavy atom. The maximum absolute atomic E-state index is 14.3. The van der Waals surface area contributed by atoms with E-state index in [1.54, 1.807) is 60.7 Å². The third-order valence-electron chi connectivity index (χ3n) is 5.05. The molecule has 0 N–H and O–H groups in total. The summed E-state index contributed by atoms with van der Waals surface area (Å²) < 4.78 is 16.3. The molecule has 0 aliphatic heterocycles. The van der Waals surface area contributed by atoms with Crippen LogP contribution in [0.25, 0.3) is 16.5 Å². The molecular formula is C24H19BrFN3O2. The summed E-state index contributed by atoms with van der Waals surface area (Å²) in [6.07, 6.45) is 0. The molecular weight excluding hydrogens is 461 g/mol. The number of amides is 1. The fourth-order valence-electron chi connectivity index (χ4n) is 3.44. The molecule has 3 aromatic carbocycles. The molecule has 0 aliphatic carbocycles. The maximum Gasteiger partial charge on any atom is 0.279 e. The third kappa shape index (κ3) is 4.14. The molecule has 4 aromatic rings. The van der Waals surface area contributed by atoms with E-state index in [9.17, 15) is 14.0 Å². The van der Waals surface area contributed by atoms with Crippen molar-refractivity contribution < 1.29 is 9.18 Å². The predicted molar refractivity (Wildman–Crippen MR) is 122 cm³/mol. The normalized spacial score (nSPS) is 10.9. The van der Waals surface area contributed by atoms with Crippen molar-refractivity contribution in [2.24, 2.45) is 0 Å². The van der Waals surface area contributed by atoms with Crippen LogP contribution in [-0.2, 0) is 6.54 Å². The fraction of sp³-hybridized carbons (Fsp3) is 0.125. The number of rotatable bonds is 5. The zero-order chi connectivity index (χ0) is 22.0. The summed E-state index contributed by atoms with van der Waals surface area (Å²) in [5.74, 6) is -0.760. The quantitative estimate of drug-likeness (QED) is 0.406. The van der Waals surface area contributed by atoms with Gasteiger partial charge in [-0.15, -0.1) is 0 Å². The van der Waals surface area contributed by atoms with E-state index >= 15 is 0 Å². The molecule has 0 spiro atoms. The number of para-hydroxylation sites is 1. The number of hydrogen-bond donors (Lipinski definition) is 0. The number of carbonyl (C=O) groups excluding carboxylic acids is 1. The lowest BCUT2D eigenvalue weighted by Gasteiger charge is -2.22. The summed E-state index contributed by atoms with van der Waals surface area (Å²) in [6, 6.07) is 20.5. The molecule has 156 valence electrons. The van der Waals surface area contributed by atoms with Crippen LogP contribution in [0.4, 0.5) is 4.39 Å². The summed E-state index contributed by atoms with van der Waals surface area (Å²) >= 11 is 3.35. The summed E-state index contributed by atoms with van der Waals surface area (Å²) in [5, 5.41) is 5.30. The molecule has 4 rings (SSSR count). The second kappa shape index (κ2) is 8.81. The van der Waals surface area contributed by atoms with Gasteiger partial charge >= 0.3 is 0 Å². The lowest BCUT2D eigenvalue weighted by atomic mass is 10.1. The van der Waals surface area contributed by atoms with Gasteiger partial charge in [0.25, 0.3) is 11.5 Å². The maximum atomic E-state index is 14.3. The molecule has 1 aromatic heterocycles. The molecule has 31 heavy (non-hydrogen) atoms. The molecule has 1 amide bonds. The van der Waals surface area contributed by atoms with Crippen molar-refractivity contribution in [1.82, 2.24) is 14.7 Å². The Labute approximate surface area is 186 Å². The SMILES string of the molecule is CCN(Cc1cc(Br)ccc1F)C(=O)c1nn(-c2ccccc2)c(=O)c2ccccc12. The Morgan fingerprint density at radius 2 is 1.71 bits per heavy atom. The van der Waals surface area contributed by atoms with Crippen LogP contribution in [0.3, 0.4) is 0 Å². The summed E-state index contributed by atoms with van der Waals surface area (Å²) in [7, 11) is 0. The van der Waals surface area contributed by atoms with Crippen LogP contribution in [-0.4, -0.2) is 27.1 Å². The van der Waals surface area contributed by atoms with Crippen LogP contribution in [0.15, 0.2) is 82.1 Å². The number of benzene rings is 3. The van der Waals surface area contributed by atoms with Crippen molar-refractivity contribution in [1.29, 1.82) is 0 Å². The Bertz CT molecular complexity index is 1320. The van der Waals surface area contributed by atoms with E-state index in [1.807, 2.05) is 13.0 Å². The molecule has 7 heteroatoms. The molecule has 0 radical (unpaired) electrons. The highest BCUT2D eigenvalue weighted by Crippen LogP contribution is 2.21. The van der Waals surface area contributed by atoms with Gasteiger partial charge in [-0.2, -0.15) is 9.78 Å². The number of fused-ring (bicyclic) bond motifs is 1. The number of carbonyl (C=O) groups is 1. The van der Waals surface area contributed by atoms with E-state index in [2.05, 4.69) is 21.0 Å². The highest BCUT2D eigenvalue weighted by Gasteiger charge is 2.23. The standard InChI is InChI=1S/C24H19BrFN3O2/c1-2-28(15-16-14-17(25)12-13-21(16)26)24(31)22-19-10-6-7-11-20(19)23(30)29(27-22)18-8-4-3-5-9-18/h3-14H,2,15H2,1H3. The highest BCUT2D eigenvalue weighted by atomic mass is 79.9. The van der Waals surface area contributed by atoms with Crippen molar-refractivity contribution in [3.05, 3.63) is 105 Å². The van der Waals surface area contributed by atoms with E-state index in [-0.39, 0.29) is 29.5 Å². The monoisotopic (exact) mass is 479 g/mol. The average molecular weight is 480 g/mol. The van der Waals surface area contributed by atoms with Crippen molar-refractivity contribution >= 4 is 32.6 Å². The van der Waals surface area contributed by atoms with Gasteiger partial charge < -0.3 is 4.90 Å². The van der Waals surface area contributed by atoms with E-state index in [1.165, 1.54) is 15.6 Å². The van der Waals surface area contributed by atoms with Crippen LogP contribution in [0.5, 0.6) is 0 Å². The minimum absolute atomic E-state index is 0.0844. The topological polar surface area (TPSA) is 55.2 Å². The number of hydrogen-bond acceptors (Lipinski definition) is 3. The number of aromatic nitrogens is 2. The first-order valence-electron chi connectivity index (χ1n) is 9.80. The Kier molecular flexibility index (Phi) is 5.95. The number of nitrogens with zero attached hydrogens (tertiary/aromatic N) is 3. The molecule has 0 saturated carbocycles. The first-order chi connectivity index (χ1) is 15.0. The molecule has 0 fully saturated rings. The third-order valence-corrected chi connectivity index (χ3v) is 5.54. The first-order valence-corrected chi connectivity index (χ1v) is 10.6. The Hall–Kier alpha value is -3.32. The van der Waals surface area contributed by atoms with Gasteiger partial charge in [0.2, 0.25) is 0 Å². The van der Waals surface area contributed by atoms with Gasteiger partial charge in [0.15, 0.2) is 5.69 Å².